The molecule has 0 saturated carbocycles. The van der Waals surface area contributed by atoms with Crippen LogP contribution in [0.2, 0.25) is 5.02 Å². The molecule has 2 aliphatic heterocycles. The van der Waals surface area contributed by atoms with Gasteiger partial charge >= 0.3 is 0 Å². The van der Waals surface area contributed by atoms with Gasteiger partial charge in [-0.05, 0) is 49.1 Å². The van der Waals surface area contributed by atoms with E-state index in [0.29, 0.717) is 41.2 Å². The first-order chi connectivity index (χ1) is 21.8. The Labute approximate surface area is 264 Å². The summed E-state index contributed by atoms with van der Waals surface area (Å²) in [6.07, 6.45) is 6.32. The zero-order valence-electron chi connectivity index (χ0n) is 24.8. The lowest BCUT2D eigenvalue weighted by Crippen LogP contribution is -2.46. The van der Waals surface area contributed by atoms with Crippen LogP contribution >= 0.6 is 11.6 Å². The van der Waals surface area contributed by atoms with Crippen LogP contribution in [0.15, 0.2) is 65.7 Å². The number of aromatic nitrogens is 5. The van der Waals surface area contributed by atoms with Gasteiger partial charge in [0.15, 0.2) is 12.2 Å². The van der Waals surface area contributed by atoms with Crippen LogP contribution in [-0.2, 0) is 16.6 Å². The maximum Gasteiger partial charge on any atom is 0.235 e. The third-order valence-electron chi connectivity index (χ3n) is 8.57. The first-order valence-corrected chi connectivity index (χ1v) is 15.3. The van der Waals surface area contributed by atoms with Crippen LogP contribution in [-0.4, -0.2) is 55.7 Å². The third-order valence-corrected chi connectivity index (χ3v) is 8.85. The standard InChI is InChI=1S/C32H32ClN9O3/c1-18-15-42(32-34-14-24(33)30(39-32)37-20-5-3-4-19(12-20)26-16-45-17-35-26)11-10-25(18)36-21-6-7-22-27(13-21)41(2)40-29(22)23-8-9-28(43)38-31(23)44/h3-7,12-14,16-18,23,25,36H,8-11,15H2,1-2H3,(H,34,37,39)(H,38,43,44)/t18-,23?,25-/m1/s1. The van der Waals surface area contributed by atoms with Crippen molar-refractivity contribution in [3.8, 4) is 11.3 Å². The van der Waals surface area contributed by atoms with Gasteiger partial charge in [0.25, 0.3) is 0 Å². The Bertz CT molecular complexity index is 1890. The van der Waals surface area contributed by atoms with E-state index in [2.05, 4.69) is 48.9 Å². The Morgan fingerprint density at radius 3 is 2.78 bits per heavy atom. The third kappa shape index (κ3) is 5.80. The first kappa shape index (κ1) is 28.8. The summed E-state index contributed by atoms with van der Waals surface area (Å²) >= 11 is 6.49. The van der Waals surface area contributed by atoms with E-state index in [1.165, 1.54) is 6.39 Å². The van der Waals surface area contributed by atoms with Crippen LogP contribution in [0.1, 0.15) is 37.8 Å². The molecule has 3 atom stereocenters. The van der Waals surface area contributed by atoms with Gasteiger partial charge in [0.2, 0.25) is 17.8 Å². The number of hydrogen-bond acceptors (Lipinski definition) is 10. The molecule has 2 amide bonds. The van der Waals surface area contributed by atoms with Crippen molar-refractivity contribution in [2.75, 3.05) is 28.6 Å². The number of imide groups is 1. The highest BCUT2D eigenvalue weighted by atomic mass is 35.5. The molecule has 1 unspecified atom stereocenters. The summed E-state index contributed by atoms with van der Waals surface area (Å²) in [7, 11) is 1.88. The van der Waals surface area contributed by atoms with E-state index in [0.717, 1.165) is 53.0 Å². The molecule has 0 spiro atoms. The van der Waals surface area contributed by atoms with Gasteiger partial charge < -0.3 is 20.0 Å². The molecule has 2 aliphatic rings. The number of hydrogen-bond donors (Lipinski definition) is 3. The van der Waals surface area contributed by atoms with Crippen LogP contribution in [0.5, 0.6) is 0 Å². The lowest BCUT2D eigenvalue weighted by Gasteiger charge is -2.37. The van der Waals surface area contributed by atoms with Gasteiger partial charge in [-0.25, -0.2) is 9.97 Å². The second-order valence-corrected chi connectivity index (χ2v) is 12.1. The summed E-state index contributed by atoms with van der Waals surface area (Å²) in [5.74, 6) is 0.525. The number of piperidine rings is 2. The number of halogens is 1. The number of aryl methyl sites for hydroxylation is 1. The van der Waals surface area contributed by atoms with Crippen molar-refractivity contribution in [3.63, 3.8) is 0 Å². The maximum absolute atomic E-state index is 12.5. The Morgan fingerprint density at radius 1 is 1.09 bits per heavy atom. The minimum absolute atomic E-state index is 0.228. The van der Waals surface area contributed by atoms with Crippen LogP contribution in [0.25, 0.3) is 22.2 Å². The molecule has 3 aromatic heterocycles. The van der Waals surface area contributed by atoms with E-state index in [9.17, 15) is 9.59 Å². The molecule has 0 aliphatic carbocycles. The van der Waals surface area contributed by atoms with Gasteiger partial charge in [0.05, 0.1) is 23.3 Å². The molecule has 0 radical (unpaired) electrons. The number of carbonyl (C=O) groups is 2. The number of fused-ring (bicyclic) bond motifs is 1. The molecule has 230 valence electrons. The number of nitrogens with zero attached hydrogens (tertiary/aromatic N) is 6. The average molecular weight is 626 g/mol. The quantitative estimate of drug-likeness (QED) is 0.205. The van der Waals surface area contributed by atoms with Crippen LogP contribution < -0.4 is 20.9 Å². The normalized spacial score (nSPS) is 20.3. The summed E-state index contributed by atoms with van der Waals surface area (Å²) in [6.45, 7) is 3.77. The summed E-state index contributed by atoms with van der Waals surface area (Å²) < 4.78 is 6.93. The zero-order valence-corrected chi connectivity index (χ0v) is 25.6. The monoisotopic (exact) mass is 625 g/mol. The number of oxazole rings is 1. The molecular weight excluding hydrogens is 594 g/mol. The fraction of sp³-hybridized carbons (Fsp3) is 0.312. The van der Waals surface area contributed by atoms with Gasteiger partial charge in [-0.15, -0.1) is 0 Å². The summed E-state index contributed by atoms with van der Waals surface area (Å²) in [5.41, 5.74) is 5.13. The molecule has 12 nitrogen and oxygen atoms in total. The molecule has 3 N–H and O–H groups in total. The van der Waals surface area contributed by atoms with Crippen LogP contribution in [0.3, 0.4) is 0 Å². The van der Waals surface area contributed by atoms with Crippen LogP contribution in [0, 0.1) is 5.92 Å². The number of benzene rings is 2. The largest absolute Gasteiger partial charge is 0.451 e. The summed E-state index contributed by atoms with van der Waals surface area (Å²) in [6, 6.07) is 14.2. The lowest BCUT2D eigenvalue weighted by molar-refractivity contribution is -0.134. The molecule has 2 aromatic carbocycles. The molecule has 7 rings (SSSR count). The molecule has 13 heteroatoms. The molecule has 5 heterocycles. The molecular formula is C32H32ClN9O3. The van der Waals surface area contributed by atoms with Crippen molar-refractivity contribution in [1.82, 2.24) is 30.0 Å². The van der Waals surface area contributed by atoms with Crippen molar-refractivity contribution >= 4 is 57.5 Å². The van der Waals surface area contributed by atoms with Gasteiger partial charge in [0.1, 0.15) is 17.0 Å². The summed E-state index contributed by atoms with van der Waals surface area (Å²) in [4.78, 5) is 39.9. The van der Waals surface area contributed by atoms with Crippen molar-refractivity contribution in [2.45, 2.75) is 38.1 Å². The van der Waals surface area contributed by atoms with Gasteiger partial charge in [-0.3, -0.25) is 19.6 Å². The Morgan fingerprint density at radius 2 is 1.98 bits per heavy atom. The van der Waals surface area contributed by atoms with Crippen molar-refractivity contribution < 1.29 is 14.0 Å². The minimum Gasteiger partial charge on any atom is -0.451 e. The highest BCUT2D eigenvalue weighted by Gasteiger charge is 2.32. The second-order valence-electron chi connectivity index (χ2n) is 11.7. The van der Waals surface area contributed by atoms with Gasteiger partial charge in [-0.2, -0.15) is 10.1 Å². The predicted molar refractivity (Wildman–Crippen MR) is 172 cm³/mol. The topological polar surface area (TPSA) is 143 Å². The number of rotatable bonds is 7. The van der Waals surface area contributed by atoms with Crippen LogP contribution in [0.4, 0.5) is 23.1 Å². The Kier molecular flexibility index (Phi) is 7.58. The fourth-order valence-corrected chi connectivity index (χ4v) is 6.33. The van der Waals surface area contributed by atoms with Crippen molar-refractivity contribution in [3.05, 3.63) is 72.0 Å². The number of anilines is 4. The molecule has 5 aromatic rings. The molecule has 0 bridgehead atoms. The summed E-state index contributed by atoms with van der Waals surface area (Å²) in [5, 5.41) is 15.5. The smallest absolute Gasteiger partial charge is 0.235 e. The predicted octanol–water partition coefficient (Wildman–Crippen LogP) is 5.26. The molecule has 45 heavy (non-hydrogen) atoms. The highest BCUT2D eigenvalue weighted by Crippen LogP contribution is 2.33. The minimum atomic E-state index is -0.426. The second kappa shape index (κ2) is 11.8. The maximum atomic E-state index is 12.5. The first-order valence-electron chi connectivity index (χ1n) is 14.9. The zero-order chi connectivity index (χ0) is 31.1. The van der Waals surface area contributed by atoms with Gasteiger partial charge in [-0.1, -0.05) is 30.7 Å². The van der Waals surface area contributed by atoms with Crippen molar-refractivity contribution in [1.29, 1.82) is 0 Å². The number of nitrogens with one attached hydrogen (secondary N) is 3. The van der Waals surface area contributed by atoms with E-state index in [1.807, 2.05) is 43.4 Å². The van der Waals surface area contributed by atoms with E-state index < -0.39 is 5.92 Å². The Balaban J connectivity index is 1.03. The lowest BCUT2D eigenvalue weighted by atomic mass is 9.92. The van der Waals surface area contributed by atoms with Gasteiger partial charge in [0, 0.05) is 54.9 Å². The highest BCUT2D eigenvalue weighted by molar-refractivity contribution is 6.32. The van der Waals surface area contributed by atoms with Crippen molar-refractivity contribution in [2.24, 2.45) is 13.0 Å². The molecule has 2 saturated heterocycles. The average Bonchev–Trinajstić information content (AvgIpc) is 3.68. The molecule has 2 fully saturated rings. The van der Waals surface area contributed by atoms with E-state index >= 15 is 0 Å². The fourth-order valence-electron chi connectivity index (χ4n) is 6.19. The van der Waals surface area contributed by atoms with E-state index in [1.54, 1.807) is 17.1 Å². The number of carbonyl (C=O) groups excluding carboxylic acids is 2. The van der Waals surface area contributed by atoms with E-state index in [4.69, 9.17) is 21.0 Å². The number of amides is 2. The Hall–Kier alpha value is -4.97. The SMILES string of the molecule is C[C@@H]1CN(c2ncc(Cl)c(Nc3cccc(-c4cocn4)c3)n2)CC[C@H]1Nc1ccc2c(C3CCC(=O)NC3=O)nn(C)c2c1. The van der Waals surface area contributed by atoms with E-state index in [-0.39, 0.29) is 17.9 Å².